The Morgan fingerprint density at radius 1 is 0.828 bits per heavy atom. The fourth-order valence-electron chi connectivity index (χ4n) is 3.21. The van der Waals surface area contributed by atoms with Gasteiger partial charge >= 0.3 is 6.18 Å². The molecule has 0 unspecified atom stereocenters. The van der Waals surface area contributed by atoms with Gasteiger partial charge in [0.2, 0.25) is 0 Å². The normalized spacial score (nSPS) is 11.4. The molecule has 0 atom stereocenters. The van der Waals surface area contributed by atoms with E-state index in [0.717, 1.165) is 28.5 Å². The molecule has 0 radical (unpaired) electrons. The topological polar surface area (TPSA) is 42.0 Å². The van der Waals surface area contributed by atoms with Gasteiger partial charge in [-0.1, -0.05) is 48.5 Å². The molecule has 3 aromatic carbocycles. The quantitative estimate of drug-likeness (QED) is 0.453. The summed E-state index contributed by atoms with van der Waals surface area (Å²) in [6.07, 6.45) is -2.86. The average molecular weight is 392 g/mol. The SMILES string of the molecule is O=C(Nc1cccc2cccc(-c3ccc(C(F)(F)F)cc3)c12)c1ccccn1. The Morgan fingerprint density at radius 3 is 2.21 bits per heavy atom. The van der Waals surface area contributed by atoms with Gasteiger partial charge < -0.3 is 5.32 Å². The smallest absolute Gasteiger partial charge is 0.320 e. The lowest BCUT2D eigenvalue weighted by molar-refractivity contribution is -0.137. The third-order valence-electron chi connectivity index (χ3n) is 4.57. The molecule has 1 N–H and O–H groups in total. The minimum absolute atomic E-state index is 0.275. The maximum atomic E-state index is 12.9. The predicted octanol–water partition coefficient (Wildman–Crippen LogP) is 6.17. The molecule has 29 heavy (non-hydrogen) atoms. The van der Waals surface area contributed by atoms with Crippen LogP contribution in [0.2, 0.25) is 0 Å². The molecule has 0 aliphatic rings. The highest BCUT2D eigenvalue weighted by Crippen LogP contribution is 2.36. The summed E-state index contributed by atoms with van der Waals surface area (Å²) in [5.41, 5.74) is 1.49. The van der Waals surface area contributed by atoms with E-state index in [1.165, 1.54) is 18.3 Å². The van der Waals surface area contributed by atoms with Crippen molar-refractivity contribution in [1.29, 1.82) is 0 Å². The van der Waals surface area contributed by atoms with Crippen LogP contribution >= 0.6 is 0 Å². The Kier molecular flexibility index (Phi) is 4.76. The van der Waals surface area contributed by atoms with Crippen molar-refractivity contribution in [3.63, 3.8) is 0 Å². The predicted molar refractivity (Wildman–Crippen MR) is 107 cm³/mol. The van der Waals surface area contributed by atoms with Crippen molar-refractivity contribution in [2.75, 3.05) is 5.32 Å². The molecule has 4 rings (SSSR count). The Labute approximate surface area is 164 Å². The average Bonchev–Trinajstić information content (AvgIpc) is 2.73. The van der Waals surface area contributed by atoms with Crippen LogP contribution in [0.3, 0.4) is 0 Å². The van der Waals surface area contributed by atoms with Crippen LogP contribution in [0.5, 0.6) is 0 Å². The van der Waals surface area contributed by atoms with Gasteiger partial charge in [-0.3, -0.25) is 9.78 Å². The molecule has 0 spiro atoms. The number of halogens is 3. The summed E-state index contributed by atoms with van der Waals surface area (Å²) in [7, 11) is 0. The number of nitrogens with one attached hydrogen (secondary N) is 1. The number of aromatic nitrogens is 1. The summed E-state index contributed by atoms with van der Waals surface area (Å²) >= 11 is 0. The summed E-state index contributed by atoms with van der Waals surface area (Å²) < 4.78 is 38.7. The number of alkyl halides is 3. The Morgan fingerprint density at radius 2 is 1.55 bits per heavy atom. The molecule has 3 nitrogen and oxygen atoms in total. The largest absolute Gasteiger partial charge is 0.416 e. The van der Waals surface area contributed by atoms with Crippen molar-refractivity contribution in [2.45, 2.75) is 6.18 Å². The van der Waals surface area contributed by atoms with E-state index in [9.17, 15) is 18.0 Å². The highest BCUT2D eigenvalue weighted by molar-refractivity contribution is 6.12. The summed E-state index contributed by atoms with van der Waals surface area (Å²) in [6, 6.07) is 21.0. The molecule has 0 saturated heterocycles. The maximum Gasteiger partial charge on any atom is 0.416 e. The molecule has 1 aromatic heterocycles. The molecule has 1 amide bonds. The van der Waals surface area contributed by atoms with Gasteiger partial charge in [0.1, 0.15) is 5.69 Å². The van der Waals surface area contributed by atoms with Crippen molar-refractivity contribution in [3.8, 4) is 11.1 Å². The van der Waals surface area contributed by atoms with Crippen LogP contribution in [0.25, 0.3) is 21.9 Å². The molecule has 4 aromatic rings. The first kappa shape index (κ1) is 18.7. The van der Waals surface area contributed by atoms with Crippen LogP contribution in [-0.2, 0) is 6.18 Å². The first-order chi connectivity index (χ1) is 13.9. The zero-order chi connectivity index (χ0) is 20.4. The number of rotatable bonds is 3. The fraction of sp³-hybridized carbons (Fsp3) is 0.0435. The first-order valence-corrected chi connectivity index (χ1v) is 8.85. The highest BCUT2D eigenvalue weighted by atomic mass is 19.4. The third-order valence-corrected chi connectivity index (χ3v) is 4.57. The van der Waals surface area contributed by atoms with Crippen LogP contribution in [0, 0.1) is 0 Å². The van der Waals surface area contributed by atoms with Gasteiger partial charge in [-0.2, -0.15) is 13.2 Å². The van der Waals surface area contributed by atoms with E-state index >= 15 is 0 Å². The number of carbonyl (C=O) groups excluding carboxylic acids is 1. The number of fused-ring (bicyclic) bond motifs is 1. The standard InChI is InChI=1S/C23H15F3N2O/c24-23(25,26)17-12-10-15(11-13-17)18-7-3-5-16-6-4-9-19(21(16)18)28-22(29)20-8-1-2-14-27-20/h1-14H,(H,28,29). The molecule has 1 heterocycles. The van der Waals surface area contributed by atoms with Gasteiger partial charge in [-0.25, -0.2) is 0 Å². The zero-order valence-electron chi connectivity index (χ0n) is 15.1. The van der Waals surface area contributed by atoms with Gasteiger partial charge in [0.15, 0.2) is 0 Å². The first-order valence-electron chi connectivity index (χ1n) is 8.85. The number of anilines is 1. The van der Waals surface area contributed by atoms with Crippen molar-refractivity contribution < 1.29 is 18.0 Å². The van der Waals surface area contributed by atoms with Crippen LogP contribution in [-0.4, -0.2) is 10.9 Å². The Hall–Kier alpha value is -3.67. The summed E-state index contributed by atoms with van der Waals surface area (Å²) in [5.74, 6) is -0.361. The van der Waals surface area contributed by atoms with Gasteiger partial charge in [-0.15, -0.1) is 0 Å². The second-order valence-electron chi connectivity index (χ2n) is 6.45. The molecule has 6 heteroatoms. The minimum Gasteiger partial charge on any atom is -0.320 e. The molecule has 0 fully saturated rings. The molecule has 0 aliphatic heterocycles. The molecule has 0 bridgehead atoms. The zero-order valence-corrected chi connectivity index (χ0v) is 15.1. The van der Waals surface area contributed by atoms with E-state index in [4.69, 9.17) is 0 Å². The van der Waals surface area contributed by atoms with Gasteiger partial charge in [0.05, 0.1) is 5.56 Å². The number of nitrogens with zero attached hydrogens (tertiary/aromatic N) is 1. The number of carbonyl (C=O) groups is 1. The van der Waals surface area contributed by atoms with Crippen LogP contribution in [0.4, 0.5) is 18.9 Å². The van der Waals surface area contributed by atoms with Gasteiger partial charge in [-0.05, 0) is 46.8 Å². The summed E-state index contributed by atoms with van der Waals surface area (Å²) in [5, 5.41) is 4.48. The number of hydrogen-bond donors (Lipinski definition) is 1. The fourth-order valence-corrected chi connectivity index (χ4v) is 3.21. The van der Waals surface area contributed by atoms with Crippen LogP contribution < -0.4 is 5.32 Å². The molecule has 0 saturated carbocycles. The maximum absolute atomic E-state index is 12.9. The molecular weight excluding hydrogens is 377 g/mol. The summed E-state index contributed by atoms with van der Waals surface area (Å²) in [6.45, 7) is 0. The van der Waals surface area contributed by atoms with E-state index in [-0.39, 0.29) is 11.6 Å². The van der Waals surface area contributed by atoms with Crippen LogP contribution in [0.15, 0.2) is 85.1 Å². The Balaban J connectivity index is 1.79. The second kappa shape index (κ2) is 7.39. The number of amides is 1. The van der Waals surface area contributed by atoms with E-state index in [2.05, 4.69) is 10.3 Å². The number of benzene rings is 3. The third kappa shape index (κ3) is 3.82. The summed E-state index contributed by atoms with van der Waals surface area (Å²) in [4.78, 5) is 16.6. The number of hydrogen-bond acceptors (Lipinski definition) is 2. The van der Waals surface area contributed by atoms with Gasteiger partial charge in [0.25, 0.3) is 5.91 Å². The van der Waals surface area contributed by atoms with Crippen molar-refractivity contribution >= 4 is 22.4 Å². The lowest BCUT2D eigenvalue weighted by Crippen LogP contribution is -2.13. The lowest BCUT2D eigenvalue weighted by Gasteiger charge is -2.14. The van der Waals surface area contributed by atoms with E-state index in [0.29, 0.717) is 11.3 Å². The minimum atomic E-state index is -4.39. The monoisotopic (exact) mass is 392 g/mol. The van der Waals surface area contributed by atoms with Crippen LogP contribution in [0.1, 0.15) is 16.1 Å². The van der Waals surface area contributed by atoms with Crippen molar-refractivity contribution in [2.24, 2.45) is 0 Å². The molecule has 0 aliphatic carbocycles. The molecular formula is C23H15F3N2O. The second-order valence-corrected chi connectivity index (χ2v) is 6.45. The van der Waals surface area contributed by atoms with Gasteiger partial charge in [0, 0.05) is 17.3 Å². The highest BCUT2D eigenvalue weighted by Gasteiger charge is 2.30. The lowest BCUT2D eigenvalue weighted by atomic mass is 9.96. The van der Waals surface area contributed by atoms with E-state index in [1.807, 2.05) is 30.3 Å². The number of pyridine rings is 1. The van der Waals surface area contributed by atoms with E-state index in [1.54, 1.807) is 24.3 Å². The van der Waals surface area contributed by atoms with Crippen molar-refractivity contribution in [3.05, 3.63) is 96.3 Å². The Bertz CT molecular complexity index is 1170. The van der Waals surface area contributed by atoms with E-state index < -0.39 is 11.7 Å². The molecule has 144 valence electrons. The van der Waals surface area contributed by atoms with Crippen molar-refractivity contribution in [1.82, 2.24) is 4.98 Å².